The molecular weight excluding hydrogens is 280 g/mol. The summed E-state index contributed by atoms with van der Waals surface area (Å²) in [5.41, 5.74) is 1.26. The van der Waals surface area contributed by atoms with Crippen LogP contribution in [-0.2, 0) is 0 Å². The number of benzene rings is 1. The summed E-state index contributed by atoms with van der Waals surface area (Å²) >= 11 is 0. The Morgan fingerprint density at radius 1 is 1.00 bits per heavy atom. The van der Waals surface area contributed by atoms with E-state index in [0.29, 0.717) is 17.6 Å². The van der Waals surface area contributed by atoms with Crippen molar-refractivity contribution in [3.05, 3.63) is 29.8 Å². The lowest BCUT2D eigenvalue weighted by Crippen LogP contribution is -2.16. The Kier molecular flexibility index (Phi) is 7.03. The van der Waals surface area contributed by atoms with Crippen molar-refractivity contribution >= 4 is 0 Å². The topological polar surface area (TPSA) is 20.2 Å². The molecule has 0 radical (unpaired) electrons. The lowest BCUT2D eigenvalue weighted by atomic mass is 9.76. The highest BCUT2D eigenvalue weighted by molar-refractivity contribution is 5.33. The highest BCUT2D eigenvalue weighted by atomic mass is 16.3. The summed E-state index contributed by atoms with van der Waals surface area (Å²) in [5, 5.41) is 9.52. The van der Waals surface area contributed by atoms with Gasteiger partial charge in [-0.05, 0) is 36.0 Å². The second-order valence-corrected chi connectivity index (χ2v) is 7.50. The fraction of sp³-hybridized carbons (Fsp3) is 0.636. The number of rotatable bonds is 5. The summed E-state index contributed by atoms with van der Waals surface area (Å²) in [5.74, 6) is 9.70. The molecule has 1 aliphatic rings. The largest absolute Gasteiger partial charge is 0.508 e. The van der Waals surface area contributed by atoms with Crippen LogP contribution in [0.5, 0.6) is 5.75 Å². The highest BCUT2D eigenvalue weighted by Gasteiger charge is 2.23. The second-order valence-electron chi connectivity index (χ2n) is 7.50. The zero-order valence-electron chi connectivity index (χ0n) is 15.0. The Balaban J connectivity index is 2.01. The van der Waals surface area contributed by atoms with Crippen LogP contribution in [0.4, 0.5) is 0 Å². The van der Waals surface area contributed by atoms with Gasteiger partial charge in [-0.25, -0.2) is 0 Å². The first-order chi connectivity index (χ1) is 11.1. The van der Waals surface area contributed by atoms with E-state index in [-0.39, 0.29) is 0 Å². The summed E-state index contributed by atoms with van der Waals surface area (Å²) in [7, 11) is 0. The number of aromatic hydroxyl groups is 1. The molecule has 2 rings (SSSR count). The third-order valence-corrected chi connectivity index (χ3v) is 5.07. The van der Waals surface area contributed by atoms with Gasteiger partial charge in [0.2, 0.25) is 0 Å². The molecule has 1 heteroatoms. The van der Waals surface area contributed by atoms with Gasteiger partial charge < -0.3 is 5.11 Å². The van der Waals surface area contributed by atoms with E-state index in [1.54, 1.807) is 12.1 Å². The molecule has 1 aromatic carbocycles. The zero-order valence-corrected chi connectivity index (χ0v) is 15.0. The summed E-state index contributed by atoms with van der Waals surface area (Å²) in [6.45, 7) is 6.60. The van der Waals surface area contributed by atoms with Crippen LogP contribution in [0.25, 0.3) is 0 Å². The molecule has 1 unspecified atom stereocenters. The molecule has 0 amide bonds. The van der Waals surface area contributed by atoms with E-state index in [1.807, 2.05) is 12.1 Å². The van der Waals surface area contributed by atoms with Crippen LogP contribution in [0.3, 0.4) is 0 Å². The molecule has 1 aromatic rings. The molecule has 1 atom stereocenters. The first-order valence-corrected chi connectivity index (χ1v) is 9.38. The normalized spacial score (nSPS) is 22.4. The monoisotopic (exact) mass is 312 g/mol. The van der Waals surface area contributed by atoms with Crippen LogP contribution in [0, 0.1) is 29.6 Å². The van der Waals surface area contributed by atoms with E-state index in [1.165, 1.54) is 50.5 Å². The maximum absolute atomic E-state index is 9.52. The summed E-state index contributed by atoms with van der Waals surface area (Å²) in [6, 6.07) is 7.66. The van der Waals surface area contributed by atoms with Crippen LogP contribution in [0.1, 0.15) is 77.2 Å². The summed E-state index contributed by atoms with van der Waals surface area (Å²) in [6.07, 6.45) is 9.43. The minimum absolute atomic E-state index is 0.311. The molecule has 0 aromatic heterocycles. The molecule has 1 aliphatic carbocycles. The van der Waals surface area contributed by atoms with Crippen molar-refractivity contribution in [1.29, 1.82) is 0 Å². The molecule has 1 saturated carbocycles. The SMILES string of the molecule is CCCC1CCC(CC(C#CC(C)C)c2ccc(O)cc2)CC1. The van der Waals surface area contributed by atoms with Gasteiger partial charge in [0.1, 0.15) is 5.75 Å². The van der Waals surface area contributed by atoms with Crippen molar-refractivity contribution in [2.45, 2.75) is 71.6 Å². The number of phenolic OH excluding ortho intramolecular Hbond substituents is 1. The Labute approximate surface area is 142 Å². The van der Waals surface area contributed by atoms with Crippen LogP contribution < -0.4 is 0 Å². The Morgan fingerprint density at radius 3 is 2.17 bits per heavy atom. The Bertz CT molecular complexity index is 509. The molecule has 0 heterocycles. The fourth-order valence-electron chi connectivity index (χ4n) is 3.75. The van der Waals surface area contributed by atoms with Crippen LogP contribution in [-0.4, -0.2) is 5.11 Å². The molecule has 23 heavy (non-hydrogen) atoms. The maximum Gasteiger partial charge on any atom is 0.115 e. The molecule has 1 fully saturated rings. The quantitative estimate of drug-likeness (QED) is 0.648. The molecule has 1 N–H and O–H groups in total. The standard InChI is InChI=1S/C22H32O/c1-4-5-18-7-9-19(10-8-18)16-21(11-6-17(2)3)20-12-14-22(23)15-13-20/h12-15,17-19,21,23H,4-5,7-10,16H2,1-3H3. The van der Waals surface area contributed by atoms with Gasteiger partial charge in [0.05, 0.1) is 0 Å². The average molecular weight is 312 g/mol. The number of phenols is 1. The van der Waals surface area contributed by atoms with E-state index in [2.05, 4.69) is 32.6 Å². The predicted octanol–water partition coefficient (Wildman–Crippen LogP) is 6.13. The van der Waals surface area contributed by atoms with Crippen molar-refractivity contribution < 1.29 is 5.11 Å². The average Bonchev–Trinajstić information content (AvgIpc) is 2.54. The van der Waals surface area contributed by atoms with Crippen molar-refractivity contribution in [1.82, 2.24) is 0 Å². The van der Waals surface area contributed by atoms with Crippen LogP contribution >= 0.6 is 0 Å². The molecule has 126 valence electrons. The first-order valence-electron chi connectivity index (χ1n) is 9.38. The molecule has 0 aliphatic heterocycles. The Hall–Kier alpha value is -1.42. The molecular formula is C22H32O. The molecule has 0 bridgehead atoms. The smallest absolute Gasteiger partial charge is 0.115 e. The fourth-order valence-corrected chi connectivity index (χ4v) is 3.75. The summed E-state index contributed by atoms with van der Waals surface area (Å²) in [4.78, 5) is 0. The van der Waals surface area contributed by atoms with Gasteiger partial charge in [-0.15, -0.1) is 0 Å². The predicted molar refractivity (Wildman–Crippen MR) is 98.4 cm³/mol. The van der Waals surface area contributed by atoms with Crippen molar-refractivity contribution in [2.75, 3.05) is 0 Å². The van der Waals surface area contributed by atoms with Gasteiger partial charge >= 0.3 is 0 Å². The van der Waals surface area contributed by atoms with Gasteiger partial charge in [-0.2, -0.15) is 0 Å². The number of hydrogen-bond donors (Lipinski definition) is 1. The van der Waals surface area contributed by atoms with Gasteiger partial charge in [-0.1, -0.05) is 83.3 Å². The maximum atomic E-state index is 9.52. The minimum atomic E-state index is 0.311. The van der Waals surface area contributed by atoms with Crippen LogP contribution in [0.15, 0.2) is 24.3 Å². The van der Waals surface area contributed by atoms with E-state index >= 15 is 0 Å². The number of hydrogen-bond acceptors (Lipinski definition) is 1. The van der Waals surface area contributed by atoms with Gasteiger partial charge in [-0.3, -0.25) is 0 Å². The lowest BCUT2D eigenvalue weighted by molar-refractivity contribution is 0.248. The lowest BCUT2D eigenvalue weighted by Gasteiger charge is -2.30. The minimum Gasteiger partial charge on any atom is -0.508 e. The van der Waals surface area contributed by atoms with E-state index in [9.17, 15) is 5.11 Å². The van der Waals surface area contributed by atoms with E-state index in [4.69, 9.17) is 0 Å². The Morgan fingerprint density at radius 2 is 1.61 bits per heavy atom. The van der Waals surface area contributed by atoms with Gasteiger partial charge in [0, 0.05) is 11.8 Å². The van der Waals surface area contributed by atoms with E-state index in [0.717, 1.165) is 11.8 Å². The summed E-state index contributed by atoms with van der Waals surface area (Å²) < 4.78 is 0. The van der Waals surface area contributed by atoms with Crippen molar-refractivity contribution in [2.24, 2.45) is 17.8 Å². The van der Waals surface area contributed by atoms with E-state index < -0.39 is 0 Å². The first kappa shape index (κ1) is 17.9. The molecule has 0 saturated heterocycles. The zero-order chi connectivity index (χ0) is 16.7. The highest BCUT2D eigenvalue weighted by Crippen LogP contribution is 2.37. The molecule has 1 nitrogen and oxygen atoms in total. The van der Waals surface area contributed by atoms with Crippen molar-refractivity contribution in [3.8, 4) is 17.6 Å². The second kappa shape index (κ2) is 9.02. The van der Waals surface area contributed by atoms with Crippen LogP contribution in [0.2, 0.25) is 0 Å². The molecule has 0 spiro atoms. The third kappa shape index (κ3) is 5.94. The van der Waals surface area contributed by atoms with Crippen molar-refractivity contribution in [3.63, 3.8) is 0 Å². The van der Waals surface area contributed by atoms with Gasteiger partial charge in [0.15, 0.2) is 0 Å². The third-order valence-electron chi connectivity index (χ3n) is 5.07. The van der Waals surface area contributed by atoms with Gasteiger partial charge in [0.25, 0.3) is 0 Å².